The van der Waals surface area contributed by atoms with Gasteiger partial charge in [-0.3, -0.25) is 0 Å². The van der Waals surface area contributed by atoms with Gasteiger partial charge in [-0.2, -0.15) is 4.98 Å². The fourth-order valence-corrected chi connectivity index (χ4v) is 1.42. The molecule has 2 rings (SSSR count). The third-order valence-corrected chi connectivity index (χ3v) is 2.13. The molecule has 0 aliphatic carbocycles. The number of hydrogen-bond donors (Lipinski definition) is 0. The molecule has 2 aromatic rings. The van der Waals surface area contributed by atoms with Crippen molar-refractivity contribution in [3.05, 3.63) is 34.9 Å². The van der Waals surface area contributed by atoms with Crippen LogP contribution in [0.4, 0.5) is 4.39 Å². The lowest BCUT2D eigenvalue weighted by Crippen LogP contribution is -2.00. The SMILES string of the molecule is COC(=O)c1nc(-c2cc(F)cc(Cl)c2)no1. The molecular weight excluding hydrogens is 251 g/mol. The third kappa shape index (κ3) is 2.42. The predicted octanol–water partition coefficient (Wildman–Crippen LogP) is 2.32. The highest BCUT2D eigenvalue weighted by molar-refractivity contribution is 6.30. The minimum absolute atomic E-state index is 0.0619. The summed E-state index contributed by atoms with van der Waals surface area (Å²) in [6.07, 6.45) is 0. The lowest BCUT2D eigenvalue weighted by Gasteiger charge is -1.96. The van der Waals surface area contributed by atoms with Crippen LogP contribution in [0.15, 0.2) is 22.7 Å². The Balaban J connectivity index is 2.40. The minimum atomic E-state index is -0.758. The average Bonchev–Trinajstić information content (AvgIpc) is 2.76. The first-order chi connectivity index (χ1) is 8.10. The van der Waals surface area contributed by atoms with Crippen molar-refractivity contribution in [1.82, 2.24) is 10.1 Å². The van der Waals surface area contributed by atoms with Gasteiger partial charge in [0.05, 0.1) is 7.11 Å². The van der Waals surface area contributed by atoms with Crippen molar-refractivity contribution in [2.24, 2.45) is 0 Å². The van der Waals surface area contributed by atoms with Gasteiger partial charge in [-0.1, -0.05) is 16.8 Å². The highest BCUT2D eigenvalue weighted by atomic mass is 35.5. The molecule has 0 unspecified atom stereocenters. The molecule has 1 heterocycles. The van der Waals surface area contributed by atoms with Crippen LogP contribution < -0.4 is 0 Å². The minimum Gasteiger partial charge on any atom is -0.462 e. The number of esters is 1. The molecular formula is C10H6ClFN2O3. The maximum atomic E-state index is 13.1. The summed E-state index contributed by atoms with van der Waals surface area (Å²) in [6, 6.07) is 3.78. The van der Waals surface area contributed by atoms with Crippen LogP contribution in [0.1, 0.15) is 10.7 Å². The van der Waals surface area contributed by atoms with Gasteiger partial charge in [0, 0.05) is 10.6 Å². The van der Waals surface area contributed by atoms with E-state index in [0.29, 0.717) is 5.56 Å². The van der Waals surface area contributed by atoms with Crippen molar-refractivity contribution in [3.63, 3.8) is 0 Å². The number of ether oxygens (including phenoxy) is 1. The number of hydrogen-bond acceptors (Lipinski definition) is 5. The fraction of sp³-hybridized carbons (Fsp3) is 0.100. The molecule has 0 bridgehead atoms. The van der Waals surface area contributed by atoms with Gasteiger partial charge in [0.25, 0.3) is 0 Å². The summed E-state index contributed by atoms with van der Waals surface area (Å²) in [4.78, 5) is 14.8. The van der Waals surface area contributed by atoms with E-state index in [4.69, 9.17) is 11.6 Å². The Morgan fingerprint density at radius 3 is 2.88 bits per heavy atom. The topological polar surface area (TPSA) is 65.2 Å². The number of carbonyl (C=O) groups is 1. The monoisotopic (exact) mass is 256 g/mol. The first-order valence-electron chi connectivity index (χ1n) is 4.48. The number of aromatic nitrogens is 2. The van der Waals surface area contributed by atoms with Gasteiger partial charge in [-0.15, -0.1) is 0 Å². The third-order valence-electron chi connectivity index (χ3n) is 1.91. The van der Waals surface area contributed by atoms with E-state index in [0.717, 1.165) is 6.07 Å². The van der Waals surface area contributed by atoms with E-state index in [1.807, 2.05) is 0 Å². The summed E-state index contributed by atoms with van der Waals surface area (Å²) in [7, 11) is 1.19. The summed E-state index contributed by atoms with van der Waals surface area (Å²) >= 11 is 5.68. The van der Waals surface area contributed by atoms with Crippen molar-refractivity contribution in [1.29, 1.82) is 0 Å². The van der Waals surface area contributed by atoms with E-state index in [1.54, 1.807) is 0 Å². The van der Waals surface area contributed by atoms with Crippen LogP contribution in [0.3, 0.4) is 0 Å². The van der Waals surface area contributed by atoms with E-state index in [1.165, 1.54) is 19.2 Å². The van der Waals surface area contributed by atoms with Crippen LogP contribution >= 0.6 is 11.6 Å². The van der Waals surface area contributed by atoms with Crippen LogP contribution in [0.5, 0.6) is 0 Å². The molecule has 0 aliphatic heterocycles. The van der Waals surface area contributed by atoms with Crippen molar-refractivity contribution in [2.45, 2.75) is 0 Å². The molecule has 0 radical (unpaired) electrons. The molecule has 7 heteroatoms. The second-order valence-electron chi connectivity index (χ2n) is 3.07. The summed E-state index contributed by atoms with van der Waals surface area (Å²) in [5.74, 6) is -1.53. The van der Waals surface area contributed by atoms with Crippen LogP contribution in [0.2, 0.25) is 5.02 Å². The predicted molar refractivity (Wildman–Crippen MR) is 56.0 cm³/mol. The summed E-state index contributed by atoms with van der Waals surface area (Å²) in [6.45, 7) is 0. The Bertz CT molecular complexity index is 550. The molecule has 17 heavy (non-hydrogen) atoms. The average molecular weight is 257 g/mol. The van der Waals surface area contributed by atoms with Gasteiger partial charge in [0.15, 0.2) is 0 Å². The summed E-state index contributed by atoms with van der Waals surface area (Å²) in [5.41, 5.74) is 0.314. The van der Waals surface area contributed by atoms with Gasteiger partial charge < -0.3 is 9.26 Å². The smallest absolute Gasteiger partial charge is 0.397 e. The molecule has 5 nitrogen and oxygen atoms in total. The van der Waals surface area contributed by atoms with Crippen molar-refractivity contribution < 1.29 is 18.4 Å². The number of methoxy groups -OCH3 is 1. The lowest BCUT2D eigenvalue weighted by atomic mass is 10.2. The van der Waals surface area contributed by atoms with E-state index >= 15 is 0 Å². The molecule has 0 saturated heterocycles. The van der Waals surface area contributed by atoms with E-state index in [2.05, 4.69) is 19.4 Å². The normalized spacial score (nSPS) is 10.3. The van der Waals surface area contributed by atoms with Gasteiger partial charge in [-0.25, -0.2) is 9.18 Å². The first kappa shape index (κ1) is 11.5. The Hall–Kier alpha value is -1.95. The maximum Gasteiger partial charge on any atom is 0.397 e. The lowest BCUT2D eigenvalue weighted by molar-refractivity contribution is 0.0545. The molecule has 1 aromatic heterocycles. The Morgan fingerprint density at radius 1 is 1.47 bits per heavy atom. The number of carbonyl (C=O) groups excluding carboxylic acids is 1. The first-order valence-corrected chi connectivity index (χ1v) is 4.86. The zero-order valence-electron chi connectivity index (χ0n) is 8.61. The Labute approximate surface area is 100 Å². The van der Waals surface area contributed by atoms with Crippen molar-refractivity contribution >= 4 is 17.6 Å². The van der Waals surface area contributed by atoms with Crippen LogP contribution in [0.25, 0.3) is 11.4 Å². The largest absolute Gasteiger partial charge is 0.462 e. The van der Waals surface area contributed by atoms with E-state index < -0.39 is 11.8 Å². The standard InChI is InChI=1S/C10H6ClFN2O3/c1-16-10(15)9-13-8(14-17-9)5-2-6(11)4-7(12)3-5/h2-4H,1H3. The number of benzene rings is 1. The molecule has 0 saturated carbocycles. The van der Waals surface area contributed by atoms with Gasteiger partial charge in [0.2, 0.25) is 5.82 Å². The Kier molecular flexibility index (Phi) is 3.06. The molecule has 1 aromatic carbocycles. The van der Waals surface area contributed by atoms with E-state index in [-0.39, 0.29) is 16.7 Å². The number of halogens is 2. The van der Waals surface area contributed by atoms with Gasteiger partial charge in [0.1, 0.15) is 5.82 Å². The highest BCUT2D eigenvalue weighted by Crippen LogP contribution is 2.22. The van der Waals surface area contributed by atoms with Crippen molar-refractivity contribution in [3.8, 4) is 11.4 Å². The van der Waals surface area contributed by atoms with E-state index in [9.17, 15) is 9.18 Å². The van der Waals surface area contributed by atoms with Crippen LogP contribution in [-0.2, 0) is 4.74 Å². The van der Waals surface area contributed by atoms with Crippen LogP contribution in [0, 0.1) is 5.82 Å². The molecule has 0 N–H and O–H groups in total. The molecule has 0 atom stereocenters. The maximum absolute atomic E-state index is 13.1. The van der Waals surface area contributed by atoms with Crippen molar-refractivity contribution in [2.75, 3.05) is 7.11 Å². The second kappa shape index (κ2) is 4.50. The highest BCUT2D eigenvalue weighted by Gasteiger charge is 2.16. The number of nitrogens with zero attached hydrogens (tertiary/aromatic N) is 2. The Morgan fingerprint density at radius 2 is 2.24 bits per heavy atom. The molecule has 0 amide bonds. The summed E-state index contributed by atoms with van der Waals surface area (Å²) < 4.78 is 22.1. The second-order valence-corrected chi connectivity index (χ2v) is 3.51. The summed E-state index contributed by atoms with van der Waals surface area (Å²) in [5, 5.41) is 3.72. The molecule has 0 spiro atoms. The zero-order chi connectivity index (χ0) is 12.4. The molecule has 0 fully saturated rings. The fourth-order valence-electron chi connectivity index (χ4n) is 1.19. The molecule has 88 valence electrons. The zero-order valence-corrected chi connectivity index (χ0v) is 9.36. The van der Waals surface area contributed by atoms with Gasteiger partial charge in [-0.05, 0) is 18.2 Å². The number of rotatable bonds is 2. The van der Waals surface area contributed by atoms with Gasteiger partial charge >= 0.3 is 11.9 Å². The van der Waals surface area contributed by atoms with Crippen LogP contribution in [-0.4, -0.2) is 23.2 Å². The quantitative estimate of drug-likeness (QED) is 0.772. The molecule has 0 aliphatic rings.